The molecule has 1 fully saturated rings. The SMILES string of the molecule is CCCCCN(C(=O)NC1(CC(=O)O)CCCC1)C(C)C. The summed E-state index contributed by atoms with van der Waals surface area (Å²) in [5, 5.41) is 12.1. The van der Waals surface area contributed by atoms with E-state index >= 15 is 0 Å². The van der Waals surface area contributed by atoms with Crippen molar-refractivity contribution in [2.75, 3.05) is 6.54 Å². The molecule has 0 aromatic rings. The first-order chi connectivity index (χ1) is 9.90. The number of urea groups is 1. The largest absolute Gasteiger partial charge is 0.481 e. The molecule has 1 aliphatic carbocycles. The summed E-state index contributed by atoms with van der Waals surface area (Å²) in [7, 11) is 0. The van der Waals surface area contributed by atoms with Crippen LogP contribution < -0.4 is 5.32 Å². The van der Waals surface area contributed by atoms with Crippen LogP contribution in [0.5, 0.6) is 0 Å². The molecule has 2 amide bonds. The summed E-state index contributed by atoms with van der Waals surface area (Å²) >= 11 is 0. The lowest BCUT2D eigenvalue weighted by Gasteiger charge is -2.34. The fourth-order valence-corrected chi connectivity index (χ4v) is 3.11. The molecule has 0 aromatic carbocycles. The lowest BCUT2D eigenvalue weighted by molar-refractivity contribution is -0.138. The van der Waals surface area contributed by atoms with Crippen molar-refractivity contribution in [2.45, 2.75) is 83.7 Å². The van der Waals surface area contributed by atoms with Crippen LogP contribution in [0.3, 0.4) is 0 Å². The maximum atomic E-state index is 12.5. The third-order valence-electron chi connectivity index (χ3n) is 4.31. The molecular weight excluding hydrogens is 268 g/mol. The summed E-state index contributed by atoms with van der Waals surface area (Å²) in [6.07, 6.45) is 6.77. The lowest BCUT2D eigenvalue weighted by atomic mass is 9.93. The number of hydrogen-bond acceptors (Lipinski definition) is 2. The number of carbonyl (C=O) groups is 2. The normalized spacial score (nSPS) is 17.0. The topological polar surface area (TPSA) is 69.6 Å². The minimum Gasteiger partial charge on any atom is -0.481 e. The van der Waals surface area contributed by atoms with Crippen LogP contribution in [0.2, 0.25) is 0 Å². The molecular formula is C16H30N2O3. The van der Waals surface area contributed by atoms with Crippen LogP contribution in [0, 0.1) is 0 Å². The number of hydrogen-bond donors (Lipinski definition) is 2. The molecule has 1 rings (SSSR count). The highest BCUT2D eigenvalue weighted by atomic mass is 16.4. The first-order valence-electron chi connectivity index (χ1n) is 8.21. The average Bonchev–Trinajstić information content (AvgIpc) is 2.81. The third kappa shape index (κ3) is 5.56. The number of nitrogens with one attached hydrogen (secondary N) is 1. The minimum absolute atomic E-state index is 0.0274. The summed E-state index contributed by atoms with van der Waals surface area (Å²) in [5.41, 5.74) is -0.541. The molecule has 0 spiro atoms. The molecule has 0 bridgehead atoms. The van der Waals surface area contributed by atoms with Crippen molar-refractivity contribution in [1.29, 1.82) is 0 Å². The van der Waals surface area contributed by atoms with Crippen LogP contribution in [-0.4, -0.2) is 40.1 Å². The van der Waals surface area contributed by atoms with E-state index in [4.69, 9.17) is 5.11 Å². The van der Waals surface area contributed by atoms with E-state index in [0.29, 0.717) is 0 Å². The monoisotopic (exact) mass is 298 g/mol. The van der Waals surface area contributed by atoms with Crippen molar-refractivity contribution in [3.05, 3.63) is 0 Å². The van der Waals surface area contributed by atoms with Crippen molar-refractivity contribution >= 4 is 12.0 Å². The van der Waals surface area contributed by atoms with Gasteiger partial charge in [-0.25, -0.2) is 4.79 Å². The van der Waals surface area contributed by atoms with E-state index in [1.165, 1.54) is 0 Å². The van der Waals surface area contributed by atoms with Crippen LogP contribution in [0.25, 0.3) is 0 Å². The summed E-state index contributed by atoms with van der Waals surface area (Å²) in [4.78, 5) is 25.5. The van der Waals surface area contributed by atoms with Gasteiger partial charge in [-0.05, 0) is 33.1 Å². The molecule has 5 nitrogen and oxygen atoms in total. The highest BCUT2D eigenvalue weighted by molar-refractivity contribution is 5.77. The second-order valence-corrected chi connectivity index (χ2v) is 6.48. The third-order valence-corrected chi connectivity index (χ3v) is 4.31. The Hall–Kier alpha value is -1.26. The molecule has 122 valence electrons. The molecule has 21 heavy (non-hydrogen) atoms. The Morgan fingerprint density at radius 3 is 2.33 bits per heavy atom. The van der Waals surface area contributed by atoms with Crippen molar-refractivity contribution < 1.29 is 14.7 Å². The van der Waals surface area contributed by atoms with Crippen LogP contribution in [0.1, 0.15) is 72.1 Å². The van der Waals surface area contributed by atoms with Gasteiger partial charge >= 0.3 is 12.0 Å². The van der Waals surface area contributed by atoms with Crippen molar-refractivity contribution in [3.8, 4) is 0 Å². The second kappa shape index (κ2) is 8.25. The van der Waals surface area contributed by atoms with Gasteiger partial charge in [0.05, 0.1) is 12.0 Å². The molecule has 0 heterocycles. The molecule has 0 saturated heterocycles. The Morgan fingerprint density at radius 2 is 1.86 bits per heavy atom. The maximum absolute atomic E-state index is 12.5. The zero-order valence-corrected chi connectivity index (χ0v) is 13.7. The molecule has 1 aliphatic rings. The van der Waals surface area contributed by atoms with Gasteiger partial charge in [0.15, 0.2) is 0 Å². The van der Waals surface area contributed by atoms with E-state index in [2.05, 4.69) is 12.2 Å². The van der Waals surface area contributed by atoms with E-state index in [-0.39, 0.29) is 18.5 Å². The number of carboxylic acids is 1. The highest BCUT2D eigenvalue weighted by Crippen LogP contribution is 2.33. The summed E-state index contributed by atoms with van der Waals surface area (Å²) < 4.78 is 0. The van der Waals surface area contributed by atoms with Gasteiger partial charge in [-0.15, -0.1) is 0 Å². The van der Waals surface area contributed by atoms with E-state index in [1.54, 1.807) is 0 Å². The number of rotatable bonds is 8. The zero-order chi connectivity index (χ0) is 15.9. The van der Waals surface area contributed by atoms with E-state index in [1.807, 2.05) is 18.7 Å². The quantitative estimate of drug-likeness (QED) is 0.675. The van der Waals surface area contributed by atoms with Gasteiger partial charge in [-0.3, -0.25) is 4.79 Å². The van der Waals surface area contributed by atoms with Crippen molar-refractivity contribution in [2.24, 2.45) is 0 Å². The number of unbranched alkanes of at least 4 members (excludes halogenated alkanes) is 2. The van der Waals surface area contributed by atoms with E-state index < -0.39 is 11.5 Å². The predicted octanol–water partition coefficient (Wildman–Crippen LogP) is 3.38. The van der Waals surface area contributed by atoms with Gasteiger partial charge in [0.2, 0.25) is 0 Å². The summed E-state index contributed by atoms with van der Waals surface area (Å²) in [6.45, 7) is 6.88. The average molecular weight is 298 g/mol. The Balaban J connectivity index is 2.66. The molecule has 0 unspecified atom stereocenters. The van der Waals surface area contributed by atoms with E-state index in [9.17, 15) is 9.59 Å². The van der Waals surface area contributed by atoms with Gasteiger partial charge in [-0.2, -0.15) is 0 Å². The smallest absolute Gasteiger partial charge is 0.318 e. The molecule has 0 radical (unpaired) electrons. The Labute approximate surface area is 128 Å². The fraction of sp³-hybridized carbons (Fsp3) is 0.875. The molecule has 5 heteroatoms. The number of amides is 2. The number of carbonyl (C=O) groups excluding carboxylic acids is 1. The number of aliphatic carboxylic acids is 1. The Kier molecular flexibility index (Phi) is 6.99. The van der Waals surface area contributed by atoms with Gasteiger partial charge in [-0.1, -0.05) is 32.6 Å². The van der Waals surface area contributed by atoms with Gasteiger partial charge in [0, 0.05) is 12.6 Å². The Morgan fingerprint density at radius 1 is 1.24 bits per heavy atom. The number of carboxylic acid groups (broad SMARTS) is 1. The van der Waals surface area contributed by atoms with Crippen LogP contribution in [0.15, 0.2) is 0 Å². The minimum atomic E-state index is -0.834. The first kappa shape index (κ1) is 17.8. The standard InChI is InChI=1S/C16H30N2O3/c1-4-5-8-11-18(13(2)3)15(21)17-16(12-14(19)20)9-6-7-10-16/h13H,4-12H2,1-3H3,(H,17,21)(H,19,20). The van der Waals surface area contributed by atoms with Gasteiger partial charge < -0.3 is 15.3 Å². The Bertz CT molecular complexity index is 349. The summed E-state index contributed by atoms with van der Waals surface area (Å²) in [5.74, 6) is -0.834. The molecule has 2 N–H and O–H groups in total. The fourth-order valence-electron chi connectivity index (χ4n) is 3.11. The lowest BCUT2D eigenvalue weighted by Crippen LogP contribution is -2.54. The zero-order valence-electron chi connectivity index (χ0n) is 13.7. The second-order valence-electron chi connectivity index (χ2n) is 6.48. The van der Waals surface area contributed by atoms with Crippen molar-refractivity contribution in [1.82, 2.24) is 10.2 Å². The van der Waals surface area contributed by atoms with Crippen molar-refractivity contribution in [3.63, 3.8) is 0 Å². The first-order valence-corrected chi connectivity index (χ1v) is 8.21. The van der Waals surface area contributed by atoms with Crippen LogP contribution in [-0.2, 0) is 4.79 Å². The van der Waals surface area contributed by atoms with Gasteiger partial charge in [0.25, 0.3) is 0 Å². The molecule has 1 saturated carbocycles. The maximum Gasteiger partial charge on any atom is 0.318 e. The molecule has 0 atom stereocenters. The number of nitrogens with zero attached hydrogens (tertiary/aromatic N) is 1. The molecule has 0 aromatic heterocycles. The molecule has 0 aliphatic heterocycles. The van der Waals surface area contributed by atoms with Crippen LogP contribution >= 0.6 is 0 Å². The predicted molar refractivity (Wildman–Crippen MR) is 83.4 cm³/mol. The summed E-state index contributed by atoms with van der Waals surface area (Å²) in [6, 6.07) is 0.0226. The van der Waals surface area contributed by atoms with Gasteiger partial charge in [0.1, 0.15) is 0 Å². The highest BCUT2D eigenvalue weighted by Gasteiger charge is 2.38. The van der Waals surface area contributed by atoms with E-state index in [0.717, 1.165) is 51.5 Å². The van der Waals surface area contributed by atoms with Crippen LogP contribution in [0.4, 0.5) is 4.79 Å².